The minimum atomic E-state index is -4.81. The largest absolute Gasteiger partial charge is 0.417 e. The van der Waals surface area contributed by atoms with Gasteiger partial charge in [-0.15, -0.1) is 0 Å². The zero-order valence-electron chi connectivity index (χ0n) is 33.6. The van der Waals surface area contributed by atoms with Crippen molar-refractivity contribution in [1.82, 2.24) is 39.0 Å². The molecule has 0 aliphatic rings. The van der Waals surface area contributed by atoms with Crippen molar-refractivity contribution in [3.63, 3.8) is 0 Å². The molecule has 0 amide bonds. The number of nitriles is 2. The van der Waals surface area contributed by atoms with Crippen LogP contribution in [0.2, 0.25) is 0 Å². The number of hydrogen-bond donors (Lipinski definition) is 0. The normalized spacial score (nSPS) is 11.8. The van der Waals surface area contributed by atoms with E-state index in [9.17, 15) is 10.5 Å². The fourth-order valence-corrected chi connectivity index (χ4v) is 8.57. The Bertz CT molecular complexity index is 3370. The van der Waals surface area contributed by atoms with Gasteiger partial charge in [0.1, 0.15) is 34.9 Å². The first kappa shape index (κ1) is 37.9. The first-order chi connectivity index (χ1) is 29.9. The standard InChI is InChI=1S/C49H31F3N10/c1-26-55-27(2)58-47(57-26)31-14-17-43-37(20-31)35-9-5-7-11-41(35)61(43)45-22-33(34-16-13-30(24-53)19-40(34)49(50,51)52)23-46(39(45)25-54)62-42-12-8-6-10-36(42)38-21-32(15-18-44(38)62)48-59-28(3)56-29(4)60-48/h5-23H,1-4H3. The number of alkyl halides is 3. The van der Waals surface area contributed by atoms with Gasteiger partial charge in [-0.2, -0.15) is 23.7 Å². The van der Waals surface area contributed by atoms with E-state index in [1.165, 1.54) is 12.1 Å². The Balaban J connectivity index is 1.32. The number of para-hydroxylation sites is 2. The predicted octanol–water partition coefficient (Wildman–Crippen LogP) is 11.2. The van der Waals surface area contributed by atoms with E-state index in [0.717, 1.165) is 49.8 Å². The van der Waals surface area contributed by atoms with Crippen molar-refractivity contribution in [2.75, 3.05) is 0 Å². The second-order valence-electron chi connectivity index (χ2n) is 15.0. The Hall–Kier alpha value is -8.29. The molecule has 10 rings (SSSR count). The number of benzene rings is 6. The second-order valence-corrected chi connectivity index (χ2v) is 15.0. The smallest absolute Gasteiger partial charge is 0.308 e. The van der Waals surface area contributed by atoms with Crippen molar-refractivity contribution in [3.05, 3.63) is 155 Å². The van der Waals surface area contributed by atoms with Gasteiger partial charge < -0.3 is 9.13 Å². The van der Waals surface area contributed by atoms with Gasteiger partial charge in [-0.05, 0) is 112 Å². The molecule has 13 heteroatoms. The molecule has 0 fully saturated rings. The summed E-state index contributed by atoms with van der Waals surface area (Å²) in [6, 6.07) is 38.2. The molecule has 298 valence electrons. The number of nitrogens with zero attached hydrogens (tertiary/aromatic N) is 10. The van der Waals surface area contributed by atoms with Crippen LogP contribution in [0.15, 0.2) is 115 Å². The third-order valence-corrected chi connectivity index (χ3v) is 11.0. The van der Waals surface area contributed by atoms with Gasteiger partial charge in [-0.3, -0.25) is 0 Å². The van der Waals surface area contributed by atoms with E-state index in [0.29, 0.717) is 57.4 Å². The van der Waals surface area contributed by atoms with E-state index < -0.39 is 11.7 Å². The fourth-order valence-electron chi connectivity index (χ4n) is 8.57. The number of aromatic nitrogens is 8. The third kappa shape index (κ3) is 6.18. The maximum Gasteiger partial charge on any atom is 0.417 e. The van der Waals surface area contributed by atoms with Crippen LogP contribution in [-0.4, -0.2) is 39.0 Å². The Morgan fingerprint density at radius 1 is 0.468 bits per heavy atom. The SMILES string of the molecule is Cc1nc(C)nc(-c2ccc3c(c2)c2ccccc2n3-c2cc(-c3ccc(C#N)cc3C(F)(F)F)cc(-n3c4ccccc4c4cc(-c5nc(C)nc(C)n5)ccc43)c2C#N)n1. The van der Waals surface area contributed by atoms with Gasteiger partial charge in [0.05, 0.1) is 50.6 Å². The highest BCUT2D eigenvalue weighted by molar-refractivity contribution is 6.12. The Morgan fingerprint density at radius 2 is 0.919 bits per heavy atom. The molecular weight excluding hydrogens is 786 g/mol. The maximum atomic E-state index is 15.0. The van der Waals surface area contributed by atoms with Gasteiger partial charge in [0.2, 0.25) is 0 Å². The number of halogens is 3. The summed E-state index contributed by atoms with van der Waals surface area (Å²) in [5, 5.41) is 24.4. The summed E-state index contributed by atoms with van der Waals surface area (Å²) in [6.07, 6.45) is -4.81. The van der Waals surface area contributed by atoms with Gasteiger partial charge in [0.25, 0.3) is 0 Å². The van der Waals surface area contributed by atoms with Crippen LogP contribution < -0.4 is 0 Å². The van der Waals surface area contributed by atoms with Crippen LogP contribution in [0.4, 0.5) is 13.2 Å². The minimum Gasteiger partial charge on any atom is -0.308 e. The van der Waals surface area contributed by atoms with Gasteiger partial charge in [0.15, 0.2) is 11.6 Å². The molecule has 0 atom stereocenters. The van der Waals surface area contributed by atoms with Crippen molar-refractivity contribution in [1.29, 1.82) is 10.5 Å². The molecule has 6 aromatic carbocycles. The zero-order valence-corrected chi connectivity index (χ0v) is 33.6. The molecule has 0 saturated heterocycles. The molecule has 0 unspecified atom stereocenters. The summed E-state index contributed by atoms with van der Waals surface area (Å²) in [6.45, 7) is 7.23. The van der Waals surface area contributed by atoms with E-state index in [-0.39, 0.29) is 22.3 Å². The summed E-state index contributed by atoms with van der Waals surface area (Å²) in [4.78, 5) is 27.0. The topological polar surface area (TPSA) is 135 Å². The molecular formula is C49H31F3N10. The lowest BCUT2D eigenvalue weighted by Gasteiger charge is -2.20. The fraction of sp³-hybridized carbons (Fsp3) is 0.102. The minimum absolute atomic E-state index is 0.126. The summed E-state index contributed by atoms with van der Waals surface area (Å²) in [7, 11) is 0. The average molecular weight is 817 g/mol. The Morgan fingerprint density at radius 3 is 1.35 bits per heavy atom. The highest BCUT2D eigenvalue weighted by Crippen LogP contribution is 2.44. The molecule has 0 spiro atoms. The van der Waals surface area contributed by atoms with Crippen LogP contribution in [0.3, 0.4) is 0 Å². The van der Waals surface area contributed by atoms with E-state index >= 15 is 13.2 Å². The van der Waals surface area contributed by atoms with E-state index in [1.807, 2.05) is 128 Å². The van der Waals surface area contributed by atoms with E-state index in [1.54, 1.807) is 12.1 Å². The molecule has 10 nitrogen and oxygen atoms in total. The zero-order chi connectivity index (χ0) is 43.0. The van der Waals surface area contributed by atoms with E-state index in [2.05, 4.69) is 36.0 Å². The van der Waals surface area contributed by atoms with Crippen LogP contribution in [0.25, 0.3) is 88.9 Å². The predicted molar refractivity (Wildman–Crippen MR) is 232 cm³/mol. The Labute approximate surface area is 351 Å². The van der Waals surface area contributed by atoms with Crippen molar-refractivity contribution < 1.29 is 13.2 Å². The van der Waals surface area contributed by atoms with Crippen molar-refractivity contribution >= 4 is 43.6 Å². The summed E-state index contributed by atoms with van der Waals surface area (Å²) in [5.41, 5.74) is 4.30. The molecule has 0 saturated carbocycles. The lowest BCUT2D eigenvalue weighted by molar-refractivity contribution is -0.137. The van der Waals surface area contributed by atoms with Crippen LogP contribution in [0, 0.1) is 50.4 Å². The first-order valence-electron chi connectivity index (χ1n) is 19.6. The monoisotopic (exact) mass is 816 g/mol. The molecule has 0 N–H and O–H groups in total. The Kier molecular flexibility index (Phi) is 8.68. The van der Waals surface area contributed by atoms with Crippen LogP contribution >= 0.6 is 0 Å². The molecule has 0 radical (unpaired) electrons. The van der Waals surface area contributed by atoms with Crippen molar-refractivity contribution in [3.8, 4) is 57.4 Å². The lowest BCUT2D eigenvalue weighted by Crippen LogP contribution is -2.09. The highest BCUT2D eigenvalue weighted by Gasteiger charge is 2.35. The van der Waals surface area contributed by atoms with Gasteiger partial charge in [-0.25, -0.2) is 29.9 Å². The molecule has 10 aromatic rings. The summed E-state index contributed by atoms with van der Waals surface area (Å²) >= 11 is 0. The molecule has 0 bridgehead atoms. The van der Waals surface area contributed by atoms with Crippen molar-refractivity contribution in [2.24, 2.45) is 0 Å². The molecule has 0 aliphatic carbocycles. The molecule has 4 aromatic heterocycles. The highest BCUT2D eigenvalue weighted by atomic mass is 19.4. The molecule has 62 heavy (non-hydrogen) atoms. The van der Waals surface area contributed by atoms with Crippen LogP contribution in [-0.2, 0) is 6.18 Å². The van der Waals surface area contributed by atoms with Gasteiger partial charge in [0, 0.05) is 32.7 Å². The number of hydrogen-bond acceptors (Lipinski definition) is 8. The number of aryl methyl sites for hydroxylation is 4. The van der Waals surface area contributed by atoms with Gasteiger partial charge in [-0.1, -0.05) is 42.5 Å². The van der Waals surface area contributed by atoms with E-state index in [4.69, 9.17) is 0 Å². The van der Waals surface area contributed by atoms with Crippen LogP contribution in [0.5, 0.6) is 0 Å². The van der Waals surface area contributed by atoms with Gasteiger partial charge >= 0.3 is 6.18 Å². The quantitative estimate of drug-likeness (QED) is 0.168. The second kappa shape index (κ2) is 14.2. The molecule has 0 aliphatic heterocycles. The maximum absolute atomic E-state index is 15.0. The van der Waals surface area contributed by atoms with Crippen LogP contribution in [0.1, 0.15) is 40.0 Å². The average Bonchev–Trinajstić information content (AvgIpc) is 3.77. The summed E-state index contributed by atoms with van der Waals surface area (Å²) < 4.78 is 49.0. The van der Waals surface area contributed by atoms with Crippen molar-refractivity contribution in [2.45, 2.75) is 33.9 Å². The summed E-state index contributed by atoms with van der Waals surface area (Å²) in [5.74, 6) is 3.33. The number of fused-ring (bicyclic) bond motifs is 6. The third-order valence-electron chi connectivity index (χ3n) is 11.0. The first-order valence-corrected chi connectivity index (χ1v) is 19.6. The number of rotatable bonds is 5. The molecule has 4 heterocycles. The lowest BCUT2D eigenvalue weighted by atomic mass is 9.94.